The van der Waals surface area contributed by atoms with Gasteiger partial charge in [-0.2, -0.15) is 0 Å². The van der Waals surface area contributed by atoms with Gasteiger partial charge in [0.25, 0.3) is 5.91 Å². The number of hydrogen-bond acceptors (Lipinski definition) is 5. The van der Waals surface area contributed by atoms with E-state index in [-0.39, 0.29) is 11.5 Å². The minimum Gasteiger partial charge on any atom is -0.502 e. The van der Waals surface area contributed by atoms with Gasteiger partial charge in [0.05, 0.1) is 4.90 Å². The van der Waals surface area contributed by atoms with Crippen molar-refractivity contribution in [1.82, 2.24) is 0 Å². The van der Waals surface area contributed by atoms with Crippen LogP contribution in [-0.2, 0) is 14.6 Å². The van der Waals surface area contributed by atoms with Crippen LogP contribution >= 0.6 is 11.6 Å². The van der Waals surface area contributed by atoms with E-state index in [0.29, 0.717) is 22.0 Å². The lowest BCUT2D eigenvalue weighted by atomic mass is 10.0. The molecule has 1 aliphatic heterocycles. The zero-order valence-electron chi connectivity index (χ0n) is 19.2. The molecule has 3 aromatic rings. The van der Waals surface area contributed by atoms with Crippen LogP contribution in [-0.4, -0.2) is 26.0 Å². The molecule has 1 atom stereocenters. The molecule has 0 radical (unpaired) electrons. The summed E-state index contributed by atoms with van der Waals surface area (Å²) in [6.45, 7) is 7.73. The first-order chi connectivity index (χ1) is 16.6. The molecule has 8 heteroatoms. The number of halogens is 1. The van der Waals surface area contributed by atoms with Gasteiger partial charge in [-0.3, -0.25) is 9.69 Å². The molecular weight excluding hydrogens is 486 g/mol. The highest BCUT2D eigenvalue weighted by Crippen LogP contribution is 2.45. The monoisotopic (exact) mass is 509 g/mol. The lowest BCUT2D eigenvalue weighted by Gasteiger charge is -2.28. The summed E-state index contributed by atoms with van der Waals surface area (Å²) in [5, 5.41) is 11.3. The Hall–Kier alpha value is -3.55. The first kappa shape index (κ1) is 24.6. The van der Waals surface area contributed by atoms with Crippen LogP contribution in [0.3, 0.4) is 0 Å². The maximum atomic E-state index is 13.8. The summed E-state index contributed by atoms with van der Waals surface area (Å²) in [7, 11) is -4.27. The van der Waals surface area contributed by atoms with Gasteiger partial charge in [-0.15, -0.1) is 0 Å². The summed E-state index contributed by atoms with van der Waals surface area (Å²) in [5.41, 5.74) is 2.87. The van der Waals surface area contributed by atoms with E-state index in [1.807, 2.05) is 19.9 Å². The van der Waals surface area contributed by atoms with E-state index < -0.39 is 32.5 Å². The summed E-state index contributed by atoms with van der Waals surface area (Å²) in [4.78, 5) is 14.2. The van der Waals surface area contributed by atoms with Gasteiger partial charge in [-0.05, 0) is 79.1 Å². The number of hydrogen-bond donors (Lipinski definition) is 1. The smallest absolute Gasteiger partial charge is 0.295 e. The standard InChI is InChI=1S/C27H24ClNO5S/c1-4-14-34-22-7-5-6-19(16-22)24-26(35(32,33)23-12-9-20(28)10-13-23)25(30)27(31)29(24)21-11-8-17(2)18(3)15-21/h4-13,15-16,24,30H,1,14H2,2-3H3. The second-order valence-corrected chi connectivity index (χ2v) is 10.5. The van der Waals surface area contributed by atoms with Gasteiger partial charge in [-0.25, -0.2) is 8.42 Å². The lowest BCUT2D eigenvalue weighted by Crippen LogP contribution is -2.31. The van der Waals surface area contributed by atoms with E-state index in [2.05, 4.69) is 6.58 Å². The molecule has 1 unspecified atom stereocenters. The molecule has 1 N–H and O–H groups in total. The molecule has 0 aliphatic carbocycles. The summed E-state index contributed by atoms with van der Waals surface area (Å²) < 4.78 is 33.2. The van der Waals surface area contributed by atoms with E-state index in [0.717, 1.165) is 11.1 Å². The van der Waals surface area contributed by atoms with Crippen LogP contribution in [0, 0.1) is 13.8 Å². The third-order valence-electron chi connectivity index (χ3n) is 5.89. The third-order valence-corrected chi connectivity index (χ3v) is 8.03. The average Bonchev–Trinajstić information content (AvgIpc) is 3.11. The Balaban J connectivity index is 1.93. The predicted molar refractivity (Wildman–Crippen MR) is 137 cm³/mol. The minimum atomic E-state index is -4.27. The number of nitrogens with zero attached hydrogens (tertiary/aromatic N) is 1. The highest BCUT2D eigenvalue weighted by Gasteiger charge is 2.47. The van der Waals surface area contributed by atoms with Crippen molar-refractivity contribution in [3.63, 3.8) is 0 Å². The van der Waals surface area contributed by atoms with Crippen LogP contribution in [0.1, 0.15) is 22.7 Å². The number of sulfone groups is 1. The summed E-state index contributed by atoms with van der Waals surface area (Å²) in [5.74, 6) is -1.15. The number of amides is 1. The van der Waals surface area contributed by atoms with Crippen LogP contribution in [0.25, 0.3) is 0 Å². The zero-order chi connectivity index (χ0) is 25.3. The second kappa shape index (κ2) is 9.60. The third kappa shape index (κ3) is 4.57. The highest BCUT2D eigenvalue weighted by atomic mass is 35.5. The van der Waals surface area contributed by atoms with Crippen molar-refractivity contribution < 1.29 is 23.1 Å². The number of carbonyl (C=O) groups excluding carboxylic acids is 1. The van der Waals surface area contributed by atoms with Crippen LogP contribution in [0.5, 0.6) is 5.75 Å². The van der Waals surface area contributed by atoms with Crippen LogP contribution in [0.15, 0.2) is 94.9 Å². The van der Waals surface area contributed by atoms with E-state index in [1.54, 1.807) is 42.5 Å². The Labute approximate surface area is 209 Å². The Morgan fingerprint density at radius 2 is 1.77 bits per heavy atom. The second-order valence-electron chi connectivity index (χ2n) is 8.19. The van der Waals surface area contributed by atoms with Crippen LogP contribution in [0.4, 0.5) is 5.69 Å². The van der Waals surface area contributed by atoms with E-state index in [9.17, 15) is 18.3 Å². The molecule has 180 valence electrons. The van der Waals surface area contributed by atoms with Gasteiger partial charge >= 0.3 is 0 Å². The number of aryl methyl sites for hydroxylation is 2. The van der Waals surface area contributed by atoms with Crippen LogP contribution < -0.4 is 9.64 Å². The van der Waals surface area contributed by atoms with Gasteiger partial charge in [0.2, 0.25) is 9.84 Å². The lowest BCUT2D eigenvalue weighted by molar-refractivity contribution is -0.117. The summed E-state index contributed by atoms with van der Waals surface area (Å²) in [6, 6.07) is 16.6. The first-order valence-corrected chi connectivity index (χ1v) is 12.7. The molecule has 1 aliphatic rings. The fraction of sp³-hybridized carbons (Fsp3) is 0.148. The van der Waals surface area contributed by atoms with Gasteiger partial charge in [-0.1, -0.05) is 42.5 Å². The highest BCUT2D eigenvalue weighted by molar-refractivity contribution is 7.95. The molecule has 1 heterocycles. The largest absolute Gasteiger partial charge is 0.502 e. The van der Waals surface area contributed by atoms with Crippen molar-refractivity contribution in [2.24, 2.45) is 0 Å². The van der Waals surface area contributed by atoms with Crippen molar-refractivity contribution in [1.29, 1.82) is 0 Å². The quantitative estimate of drug-likeness (QED) is 0.404. The molecule has 1 amide bonds. The topological polar surface area (TPSA) is 83.9 Å². The molecule has 0 aromatic heterocycles. The first-order valence-electron chi connectivity index (χ1n) is 10.8. The number of anilines is 1. The van der Waals surface area contributed by atoms with Crippen molar-refractivity contribution in [3.05, 3.63) is 112 Å². The summed E-state index contributed by atoms with van der Waals surface area (Å²) in [6.07, 6.45) is 1.59. The molecule has 0 fully saturated rings. The molecule has 3 aromatic carbocycles. The minimum absolute atomic E-state index is 0.0813. The molecule has 0 saturated heterocycles. The Morgan fingerprint density at radius 3 is 2.43 bits per heavy atom. The Morgan fingerprint density at radius 1 is 1.06 bits per heavy atom. The predicted octanol–water partition coefficient (Wildman–Crippen LogP) is 5.85. The number of aliphatic hydroxyl groups is 1. The van der Waals surface area contributed by atoms with E-state index in [4.69, 9.17) is 16.3 Å². The molecule has 0 saturated carbocycles. The van der Waals surface area contributed by atoms with Crippen molar-refractivity contribution in [3.8, 4) is 5.75 Å². The maximum Gasteiger partial charge on any atom is 0.295 e. The normalized spacial score (nSPS) is 16.0. The number of aliphatic hydroxyl groups excluding tert-OH is 1. The van der Waals surface area contributed by atoms with E-state index >= 15 is 0 Å². The van der Waals surface area contributed by atoms with Crippen molar-refractivity contribution in [2.75, 3.05) is 11.5 Å². The average molecular weight is 510 g/mol. The van der Waals surface area contributed by atoms with Crippen LogP contribution in [0.2, 0.25) is 5.02 Å². The molecule has 35 heavy (non-hydrogen) atoms. The molecule has 0 bridgehead atoms. The van der Waals surface area contributed by atoms with Crippen molar-refractivity contribution >= 4 is 33.0 Å². The summed E-state index contributed by atoms with van der Waals surface area (Å²) >= 11 is 5.95. The SMILES string of the molecule is C=CCOc1cccc(C2C(S(=O)(=O)c3ccc(Cl)cc3)=C(O)C(=O)N2c2ccc(C)c(C)c2)c1. The number of rotatable bonds is 7. The fourth-order valence-electron chi connectivity index (χ4n) is 3.97. The van der Waals surface area contributed by atoms with Gasteiger partial charge in [0.1, 0.15) is 23.3 Å². The van der Waals surface area contributed by atoms with Gasteiger partial charge in [0.15, 0.2) is 5.76 Å². The van der Waals surface area contributed by atoms with E-state index in [1.165, 1.54) is 29.2 Å². The van der Waals surface area contributed by atoms with Gasteiger partial charge < -0.3 is 9.84 Å². The Kier molecular flexibility index (Phi) is 6.74. The fourth-order valence-corrected chi connectivity index (χ4v) is 5.72. The molecule has 0 spiro atoms. The number of benzene rings is 3. The molecule has 4 rings (SSSR count). The number of ether oxygens (including phenoxy) is 1. The Bertz CT molecular complexity index is 1440. The van der Waals surface area contributed by atoms with Crippen molar-refractivity contribution in [2.45, 2.75) is 24.8 Å². The molecule has 6 nitrogen and oxygen atoms in total. The molecular formula is C27H24ClNO5S. The maximum absolute atomic E-state index is 13.8. The zero-order valence-corrected chi connectivity index (χ0v) is 20.8. The van der Waals surface area contributed by atoms with Gasteiger partial charge in [0, 0.05) is 10.7 Å². The number of carbonyl (C=O) groups is 1.